The van der Waals surface area contributed by atoms with Gasteiger partial charge < -0.3 is 20.9 Å². The van der Waals surface area contributed by atoms with Gasteiger partial charge in [-0.1, -0.05) is 47.5 Å². The Bertz CT molecular complexity index is 2430. The number of rotatable bonds is 19. The number of hydrogen-bond donors (Lipinski definition) is 4. The molecular formula is C44H49ClF5N5O5S3. The maximum Gasteiger partial charge on any atom is 0.501 e. The number of nitrogens with one attached hydrogen (secondary N) is 4. The highest BCUT2D eigenvalue weighted by Crippen LogP contribution is 2.37. The Hall–Kier alpha value is -4.20. The van der Waals surface area contributed by atoms with Crippen molar-refractivity contribution in [2.24, 2.45) is 0 Å². The summed E-state index contributed by atoms with van der Waals surface area (Å²) in [6.07, 6.45) is 3.85. The van der Waals surface area contributed by atoms with Gasteiger partial charge in [-0.3, -0.25) is 4.79 Å². The van der Waals surface area contributed by atoms with Gasteiger partial charge in [-0.2, -0.15) is 13.2 Å². The summed E-state index contributed by atoms with van der Waals surface area (Å²) in [6, 6.07) is 24.3. The smallest absolute Gasteiger partial charge is 0.384 e. The van der Waals surface area contributed by atoms with E-state index in [1.807, 2.05) is 52.1 Å². The number of halogens is 6. The number of nitrogens with zero attached hydrogens (tertiary/aromatic N) is 1. The lowest BCUT2D eigenvalue weighted by Gasteiger charge is -2.33. The summed E-state index contributed by atoms with van der Waals surface area (Å²) in [5.41, 5.74) is -1.85. The Kier molecular flexibility index (Phi) is 16.2. The first-order valence-corrected chi connectivity index (χ1v) is 24.8. The minimum Gasteiger partial charge on any atom is -0.384 e. The maximum atomic E-state index is 14.1. The van der Waals surface area contributed by atoms with Gasteiger partial charge in [-0.05, 0) is 110 Å². The molecule has 0 radical (unpaired) electrons. The normalized spacial score (nSPS) is 16.7. The van der Waals surface area contributed by atoms with Crippen molar-refractivity contribution in [3.05, 3.63) is 119 Å². The van der Waals surface area contributed by atoms with E-state index in [0.717, 1.165) is 49.3 Å². The quantitative estimate of drug-likeness (QED) is 0.0409. The molecule has 1 aliphatic heterocycles. The number of piperidine rings is 1. The summed E-state index contributed by atoms with van der Waals surface area (Å²) in [6.45, 7) is 2.43. The molecule has 340 valence electrons. The second-order valence-corrected chi connectivity index (χ2v) is 20.6. The molecule has 1 amide bonds. The first-order chi connectivity index (χ1) is 29.9. The average molecular weight is 955 g/mol. The van der Waals surface area contributed by atoms with Gasteiger partial charge in [0, 0.05) is 85.1 Å². The molecule has 4 aromatic carbocycles. The van der Waals surface area contributed by atoms with Gasteiger partial charge in [0.05, 0.1) is 10.6 Å². The van der Waals surface area contributed by atoms with Crippen molar-refractivity contribution in [3.8, 4) is 0 Å². The van der Waals surface area contributed by atoms with Gasteiger partial charge in [0.25, 0.3) is 31.7 Å². The van der Waals surface area contributed by atoms with Gasteiger partial charge >= 0.3 is 5.51 Å². The first-order valence-electron chi connectivity index (χ1n) is 20.5. The first kappa shape index (κ1) is 48.3. The number of sulfone groups is 1. The third-order valence-electron chi connectivity index (χ3n) is 10.9. The Morgan fingerprint density at radius 2 is 1.54 bits per heavy atom. The number of hydrogen-bond acceptors (Lipinski definition) is 10. The van der Waals surface area contributed by atoms with E-state index in [-0.39, 0.29) is 43.7 Å². The van der Waals surface area contributed by atoms with Crippen molar-refractivity contribution >= 4 is 66.1 Å². The molecule has 4 aromatic rings. The van der Waals surface area contributed by atoms with E-state index in [1.54, 1.807) is 24.3 Å². The van der Waals surface area contributed by atoms with E-state index in [1.165, 1.54) is 40.6 Å². The predicted octanol–water partition coefficient (Wildman–Crippen LogP) is 9.48. The minimum absolute atomic E-state index is 0.0705. The molecule has 63 heavy (non-hydrogen) atoms. The molecule has 1 fully saturated rings. The number of amides is 1. The summed E-state index contributed by atoms with van der Waals surface area (Å²) in [5.74, 6) is -3.62. The summed E-state index contributed by atoms with van der Waals surface area (Å²) < 4.78 is 125. The molecule has 10 nitrogen and oxygen atoms in total. The number of benzene rings is 4. The highest BCUT2D eigenvalue weighted by molar-refractivity contribution is 7.99. The molecule has 0 spiro atoms. The second kappa shape index (κ2) is 21.2. The summed E-state index contributed by atoms with van der Waals surface area (Å²) >= 11 is 7.43. The minimum atomic E-state index is -6.13. The number of sulfonamides is 1. The molecule has 4 N–H and O–H groups in total. The SMILES string of the molecule is O=C(NS(=O)(=O)c1ccc(N[C@H](CCN2CCC(F)(F)CC2)CSc2ccccc2)c(S(=O)(=O)C(F)(F)F)c1)c1ccc(NCCNCC2=C(c3ccc(Cl)cc3)CCCC2)cc1. The van der Waals surface area contributed by atoms with E-state index in [0.29, 0.717) is 36.4 Å². The molecule has 0 unspecified atom stereocenters. The molecule has 1 aliphatic carbocycles. The van der Waals surface area contributed by atoms with Gasteiger partial charge in [0.15, 0.2) is 0 Å². The monoisotopic (exact) mass is 953 g/mol. The van der Waals surface area contributed by atoms with E-state index >= 15 is 0 Å². The van der Waals surface area contributed by atoms with E-state index in [9.17, 15) is 43.6 Å². The molecule has 6 rings (SSSR count). The standard InChI is InChI=1S/C44H49ClF5N5O5S3/c45-34-14-10-31(11-15-34)39-9-5-4-6-33(39)29-51-23-24-52-35-16-12-32(13-17-35)42(56)54-63(59,60)38-18-19-40(41(28-38)62(57,58)44(48,49)50)53-36(30-61-37-7-2-1-3-8-37)20-25-55-26-21-43(46,47)22-27-55/h1-3,7-8,10-19,28,36,51-53H,4-6,9,20-27,29-30H2,(H,54,56)/t36-/m1/s1. The molecule has 1 atom stereocenters. The van der Waals surface area contributed by atoms with E-state index in [2.05, 4.69) is 16.0 Å². The van der Waals surface area contributed by atoms with Crippen molar-refractivity contribution in [1.82, 2.24) is 14.9 Å². The molecule has 0 aromatic heterocycles. The lowest BCUT2D eigenvalue weighted by molar-refractivity contribution is -0.0552. The van der Waals surface area contributed by atoms with Crippen LogP contribution in [-0.4, -0.2) is 90.1 Å². The number of carbonyl (C=O) groups is 1. The van der Waals surface area contributed by atoms with Crippen molar-refractivity contribution in [3.63, 3.8) is 0 Å². The van der Waals surface area contributed by atoms with Crippen LogP contribution in [-0.2, 0) is 19.9 Å². The molecule has 1 saturated heterocycles. The molecule has 0 saturated carbocycles. The van der Waals surface area contributed by atoms with Crippen molar-refractivity contribution in [1.29, 1.82) is 0 Å². The van der Waals surface area contributed by atoms with Gasteiger partial charge in [-0.15, -0.1) is 11.8 Å². The number of likely N-dealkylation sites (tertiary alicyclic amines) is 1. The van der Waals surface area contributed by atoms with Gasteiger partial charge in [0.2, 0.25) is 0 Å². The fourth-order valence-corrected chi connectivity index (χ4v) is 10.5. The Morgan fingerprint density at radius 3 is 2.22 bits per heavy atom. The number of alkyl halides is 5. The maximum absolute atomic E-state index is 14.1. The molecule has 2 aliphatic rings. The van der Waals surface area contributed by atoms with Gasteiger partial charge in [-0.25, -0.2) is 30.3 Å². The summed E-state index contributed by atoms with van der Waals surface area (Å²) in [4.78, 5) is 13.5. The summed E-state index contributed by atoms with van der Waals surface area (Å²) in [7, 11) is -11.0. The Morgan fingerprint density at radius 1 is 0.857 bits per heavy atom. The lowest BCUT2D eigenvalue weighted by Crippen LogP contribution is -2.41. The van der Waals surface area contributed by atoms with Crippen LogP contribution in [0.2, 0.25) is 5.02 Å². The van der Waals surface area contributed by atoms with Crippen LogP contribution < -0.4 is 20.7 Å². The molecule has 0 bridgehead atoms. The lowest BCUT2D eigenvalue weighted by atomic mass is 9.87. The predicted molar refractivity (Wildman–Crippen MR) is 239 cm³/mol. The Balaban J connectivity index is 1.10. The highest BCUT2D eigenvalue weighted by atomic mass is 35.5. The van der Waals surface area contributed by atoms with Crippen molar-refractivity contribution in [2.75, 3.05) is 55.7 Å². The molecule has 19 heteroatoms. The molecule has 1 heterocycles. The van der Waals surface area contributed by atoms with E-state index < -0.39 is 58.7 Å². The van der Waals surface area contributed by atoms with Crippen molar-refractivity contribution < 1.29 is 43.6 Å². The van der Waals surface area contributed by atoms with Crippen LogP contribution in [0.3, 0.4) is 0 Å². The van der Waals surface area contributed by atoms with Crippen LogP contribution in [0.5, 0.6) is 0 Å². The Labute approximate surface area is 374 Å². The van der Waals surface area contributed by atoms with Gasteiger partial charge in [0.1, 0.15) is 4.90 Å². The number of thioether (sulfide) groups is 1. The topological polar surface area (TPSA) is 137 Å². The highest BCUT2D eigenvalue weighted by Gasteiger charge is 2.48. The second-order valence-electron chi connectivity index (χ2n) is 15.5. The average Bonchev–Trinajstić information content (AvgIpc) is 3.25. The van der Waals surface area contributed by atoms with Crippen LogP contribution in [0, 0.1) is 0 Å². The third kappa shape index (κ3) is 13.4. The van der Waals surface area contributed by atoms with Crippen LogP contribution >= 0.6 is 23.4 Å². The zero-order chi connectivity index (χ0) is 45.3. The fourth-order valence-electron chi connectivity index (χ4n) is 7.39. The summed E-state index contributed by atoms with van der Waals surface area (Å²) in [5, 5.41) is 10.3. The zero-order valence-corrected chi connectivity index (χ0v) is 37.4. The molecular weight excluding hydrogens is 905 g/mol. The number of anilines is 2. The zero-order valence-electron chi connectivity index (χ0n) is 34.2. The number of allylic oxidation sites excluding steroid dienone is 1. The van der Waals surface area contributed by atoms with Crippen LogP contribution in [0.4, 0.5) is 33.3 Å². The van der Waals surface area contributed by atoms with E-state index in [4.69, 9.17) is 11.6 Å². The van der Waals surface area contributed by atoms with Crippen molar-refractivity contribution in [2.45, 2.75) is 77.1 Å². The third-order valence-corrected chi connectivity index (χ3v) is 15.2. The fraction of sp³-hybridized carbons (Fsp3) is 0.386. The largest absolute Gasteiger partial charge is 0.501 e. The van der Waals surface area contributed by atoms with Crippen LogP contribution in [0.1, 0.15) is 60.9 Å². The van der Waals surface area contributed by atoms with Crippen LogP contribution in [0.15, 0.2) is 117 Å². The van der Waals surface area contributed by atoms with Crippen LogP contribution in [0.25, 0.3) is 5.57 Å². The number of carbonyl (C=O) groups excluding carboxylic acids is 1.